The van der Waals surface area contributed by atoms with Gasteiger partial charge in [-0.15, -0.1) is 0 Å². The Morgan fingerprint density at radius 2 is 2.10 bits per heavy atom. The molecule has 1 aliphatic carbocycles. The van der Waals surface area contributed by atoms with Gasteiger partial charge in [-0.1, -0.05) is 12.8 Å². The van der Waals surface area contributed by atoms with E-state index >= 15 is 0 Å². The summed E-state index contributed by atoms with van der Waals surface area (Å²) in [4.78, 5) is 11.5. The van der Waals surface area contributed by atoms with Crippen LogP contribution in [0.3, 0.4) is 0 Å². The van der Waals surface area contributed by atoms with Crippen molar-refractivity contribution in [2.45, 2.75) is 52.0 Å². The van der Waals surface area contributed by atoms with Crippen molar-refractivity contribution in [1.82, 2.24) is 9.97 Å². The van der Waals surface area contributed by atoms with Crippen molar-refractivity contribution in [3.8, 4) is 5.88 Å². The summed E-state index contributed by atoms with van der Waals surface area (Å²) in [6.45, 7) is 6.22. The van der Waals surface area contributed by atoms with E-state index in [1.807, 2.05) is 19.9 Å². The van der Waals surface area contributed by atoms with Crippen molar-refractivity contribution in [1.29, 1.82) is 0 Å². The van der Waals surface area contributed by atoms with Crippen LogP contribution in [0.4, 0.5) is 5.95 Å². The van der Waals surface area contributed by atoms with Crippen LogP contribution < -0.4 is 15.4 Å². The first-order valence-corrected chi connectivity index (χ1v) is 7.69. The third kappa shape index (κ3) is 3.82. The molecule has 0 saturated heterocycles. The number of rotatable bonds is 7. The van der Waals surface area contributed by atoms with Gasteiger partial charge in [-0.2, -0.15) is 4.98 Å². The monoisotopic (exact) mass is 278 g/mol. The number of hydrogen-bond acceptors (Lipinski definition) is 5. The van der Waals surface area contributed by atoms with E-state index in [0.29, 0.717) is 25.1 Å². The highest BCUT2D eigenvalue weighted by atomic mass is 16.5. The topological polar surface area (TPSA) is 64.3 Å². The van der Waals surface area contributed by atoms with E-state index in [0.717, 1.165) is 24.6 Å². The van der Waals surface area contributed by atoms with Crippen LogP contribution >= 0.6 is 0 Å². The number of ether oxygens (including phenoxy) is 1. The quantitative estimate of drug-likeness (QED) is 0.829. The highest BCUT2D eigenvalue weighted by Gasteiger charge is 2.24. The van der Waals surface area contributed by atoms with Crippen molar-refractivity contribution in [2.24, 2.45) is 5.73 Å². The van der Waals surface area contributed by atoms with Gasteiger partial charge in [0.15, 0.2) is 0 Å². The molecule has 0 unspecified atom stereocenters. The molecule has 1 aromatic rings. The van der Waals surface area contributed by atoms with Gasteiger partial charge < -0.3 is 15.4 Å². The summed E-state index contributed by atoms with van der Waals surface area (Å²) < 4.78 is 5.54. The van der Waals surface area contributed by atoms with E-state index in [2.05, 4.69) is 14.9 Å². The Kier molecular flexibility index (Phi) is 5.59. The first-order valence-electron chi connectivity index (χ1n) is 7.69. The lowest BCUT2D eigenvalue weighted by Crippen LogP contribution is -2.36. The predicted molar refractivity (Wildman–Crippen MR) is 81.2 cm³/mol. The molecule has 0 spiro atoms. The molecule has 2 rings (SSSR count). The highest BCUT2D eigenvalue weighted by Crippen LogP contribution is 2.27. The summed E-state index contributed by atoms with van der Waals surface area (Å²) in [6, 6.07) is 2.45. The van der Waals surface area contributed by atoms with E-state index in [1.54, 1.807) is 0 Å². The summed E-state index contributed by atoms with van der Waals surface area (Å²) in [5, 5.41) is 0. The minimum absolute atomic E-state index is 0.554. The molecule has 1 aliphatic rings. The van der Waals surface area contributed by atoms with Gasteiger partial charge in [0.2, 0.25) is 11.8 Å². The zero-order valence-electron chi connectivity index (χ0n) is 12.6. The third-order valence-corrected chi connectivity index (χ3v) is 3.74. The number of anilines is 1. The molecule has 0 aliphatic heterocycles. The molecule has 0 radical (unpaired) electrons. The molecule has 2 N–H and O–H groups in total. The highest BCUT2D eigenvalue weighted by molar-refractivity contribution is 5.36. The van der Waals surface area contributed by atoms with E-state index in [1.165, 1.54) is 25.7 Å². The lowest BCUT2D eigenvalue weighted by atomic mass is 10.2. The second-order valence-electron chi connectivity index (χ2n) is 5.35. The second kappa shape index (κ2) is 7.43. The average Bonchev–Trinajstić information content (AvgIpc) is 2.93. The van der Waals surface area contributed by atoms with Crippen LogP contribution in [-0.2, 0) is 0 Å². The Labute approximate surface area is 121 Å². The van der Waals surface area contributed by atoms with Crippen LogP contribution in [0.2, 0.25) is 0 Å². The summed E-state index contributed by atoms with van der Waals surface area (Å²) >= 11 is 0. The minimum atomic E-state index is 0.554. The molecule has 1 aromatic heterocycles. The van der Waals surface area contributed by atoms with E-state index in [-0.39, 0.29) is 0 Å². The van der Waals surface area contributed by atoms with Crippen LogP contribution in [0, 0.1) is 6.92 Å². The Balaban J connectivity index is 2.21. The van der Waals surface area contributed by atoms with Gasteiger partial charge in [-0.25, -0.2) is 4.98 Å². The summed E-state index contributed by atoms with van der Waals surface area (Å²) in [5.41, 5.74) is 6.62. The molecule has 112 valence electrons. The molecular weight excluding hydrogens is 252 g/mol. The van der Waals surface area contributed by atoms with Crippen LogP contribution in [-0.4, -0.2) is 35.7 Å². The molecule has 1 saturated carbocycles. The van der Waals surface area contributed by atoms with Gasteiger partial charge in [-0.3, -0.25) is 0 Å². The molecule has 0 aromatic carbocycles. The van der Waals surface area contributed by atoms with Gasteiger partial charge in [-0.05, 0) is 39.7 Å². The van der Waals surface area contributed by atoms with Crippen LogP contribution in [0.15, 0.2) is 6.07 Å². The SMILES string of the molecule is CCOc1cc(C)nc(N(CCCN)C2CCCC2)n1. The number of nitrogens with two attached hydrogens (primary N) is 1. The van der Waals surface area contributed by atoms with Crippen LogP contribution in [0.5, 0.6) is 5.88 Å². The Morgan fingerprint density at radius 3 is 2.75 bits per heavy atom. The number of aryl methyl sites for hydroxylation is 1. The van der Waals surface area contributed by atoms with Crippen molar-refractivity contribution in [3.05, 3.63) is 11.8 Å². The van der Waals surface area contributed by atoms with Gasteiger partial charge >= 0.3 is 0 Å². The van der Waals surface area contributed by atoms with E-state index < -0.39 is 0 Å². The lowest BCUT2D eigenvalue weighted by Gasteiger charge is -2.29. The number of nitrogens with zero attached hydrogens (tertiary/aromatic N) is 3. The molecule has 1 fully saturated rings. The van der Waals surface area contributed by atoms with Crippen molar-refractivity contribution in [3.63, 3.8) is 0 Å². The Bertz CT molecular complexity index is 418. The van der Waals surface area contributed by atoms with Gasteiger partial charge in [0.1, 0.15) is 0 Å². The summed E-state index contributed by atoms with van der Waals surface area (Å²) in [6.07, 6.45) is 6.03. The fourth-order valence-electron chi connectivity index (χ4n) is 2.80. The van der Waals surface area contributed by atoms with Crippen molar-refractivity contribution < 1.29 is 4.74 Å². The average molecular weight is 278 g/mol. The minimum Gasteiger partial charge on any atom is -0.478 e. The Hall–Kier alpha value is -1.36. The third-order valence-electron chi connectivity index (χ3n) is 3.74. The maximum atomic E-state index is 5.67. The van der Waals surface area contributed by atoms with E-state index in [4.69, 9.17) is 10.5 Å². The molecule has 0 bridgehead atoms. The fourth-order valence-corrected chi connectivity index (χ4v) is 2.80. The normalized spacial score (nSPS) is 15.6. The number of aromatic nitrogens is 2. The molecule has 1 heterocycles. The maximum absolute atomic E-state index is 5.67. The van der Waals surface area contributed by atoms with Gasteiger partial charge in [0, 0.05) is 24.3 Å². The fraction of sp³-hybridized carbons (Fsp3) is 0.733. The summed E-state index contributed by atoms with van der Waals surface area (Å²) in [7, 11) is 0. The number of hydrogen-bond donors (Lipinski definition) is 1. The van der Waals surface area contributed by atoms with Crippen molar-refractivity contribution >= 4 is 5.95 Å². The molecule has 20 heavy (non-hydrogen) atoms. The maximum Gasteiger partial charge on any atom is 0.229 e. The van der Waals surface area contributed by atoms with Crippen molar-refractivity contribution in [2.75, 3.05) is 24.6 Å². The lowest BCUT2D eigenvalue weighted by molar-refractivity contribution is 0.325. The first-order chi connectivity index (χ1) is 9.74. The zero-order chi connectivity index (χ0) is 14.4. The van der Waals surface area contributed by atoms with Crippen LogP contribution in [0.25, 0.3) is 0 Å². The van der Waals surface area contributed by atoms with Crippen LogP contribution in [0.1, 0.15) is 44.7 Å². The standard InChI is InChI=1S/C15H26N4O/c1-3-20-14-11-12(2)17-15(18-14)19(10-6-9-16)13-7-4-5-8-13/h11,13H,3-10,16H2,1-2H3. The van der Waals surface area contributed by atoms with Gasteiger partial charge in [0.25, 0.3) is 0 Å². The second-order valence-corrected chi connectivity index (χ2v) is 5.35. The van der Waals surface area contributed by atoms with E-state index in [9.17, 15) is 0 Å². The zero-order valence-corrected chi connectivity index (χ0v) is 12.6. The smallest absolute Gasteiger partial charge is 0.229 e. The summed E-state index contributed by atoms with van der Waals surface area (Å²) in [5.74, 6) is 1.47. The molecule has 5 heteroatoms. The largest absolute Gasteiger partial charge is 0.478 e. The first kappa shape index (κ1) is 15.0. The molecule has 0 atom stereocenters. The molecule has 0 amide bonds. The molecule has 5 nitrogen and oxygen atoms in total. The predicted octanol–water partition coefficient (Wildman–Crippen LogP) is 2.28. The van der Waals surface area contributed by atoms with Gasteiger partial charge in [0.05, 0.1) is 6.61 Å². The Morgan fingerprint density at radius 1 is 1.35 bits per heavy atom. The molecular formula is C15H26N4O.